The highest BCUT2D eigenvalue weighted by atomic mass is 19.1. The Balaban J connectivity index is 2.68. The van der Waals surface area contributed by atoms with Gasteiger partial charge < -0.3 is 10.2 Å². The van der Waals surface area contributed by atoms with E-state index in [0.717, 1.165) is 0 Å². The Morgan fingerprint density at radius 2 is 2.10 bits per heavy atom. The zero-order chi connectivity index (χ0) is 15.3. The van der Waals surface area contributed by atoms with Gasteiger partial charge in [-0.05, 0) is 39.0 Å². The number of nitriles is 1. The first-order chi connectivity index (χ1) is 9.23. The lowest BCUT2D eigenvalue weighted by Gasteiger charge is -2.23. The van der Waals surface area contributed by atoms with Crippen LogP contribution in [0.3, 0.4) is 0 Å². The Morgan fingerprint density at radius 3 is 2.65 bits per heavy atom. The molecule has 0 aliphatic heterocycles. The number of carbonyl (C=O) groups excluding carboxylic acids is 1. The van der Waals surface area contributed by atoms with Crippen LogP contribution in [0.15, 0.2) is 18.2 Å². The summed E-state index contributed by atoms with van der Waals surface area (Å²) in [5.74, 6) is -0.533. The lowest BCUT2D eigenvalue weighted by molar-refractivity contribution is -0.129. The summed E-state index contributed by atoms with van der Waals surface area (Å²) in [5, 5.41) is 11.9. The number of nitrogens with one attached hydrogen (secondary N) is 1. The molecule has 108 valence electrons. The SMILES string of the molecule is CN(Cc1cc(C#N)ccc1F)C(=O)CNC(C)(C)C. The number of carbonyl (C=O) groups is 1. The average molecular weight is 277 g/mol. The summed E-state index contributed by atoms with van der Waals surface area (Å²) >= 11 is 0. The third kappa shape index (κ3) is 4.98. The van der Waals surface area contributed by atoms with Crippen LogP contribution in [-0.2, 0) is 11.3 Å². The van der Waals surface area contributed by atoms with Gasteiger partial charge in [-0.2, -0.15) is 5.26 Å². The van der Waals surface area contributed by atoms with E-state index >= 15 is 0 Å². The molecule has 0 spiro atoms. The molecular weight excluding hydrogens is 257 g/mol. The summed E-state index contributed by atoms with van der Waals surface area (Å²) in [6.07, 6.45) is 0. The third-order valence-electron chi connectivity index (χ3n) is 2.78. The molecule has 0 aliphatic carbocycles. The number of benzene rings is 1. The summed E-state index contributed by atoms with van der Waals surface area (Å²) in [4.78, 5) is 13.4. The fourth-order valence-corrected chi connectivity index (χ4v) is 1.58. The number of amides is 1. The molecule has 1 rings (SSSR count). The van der Waals surface area contributed by atoms with Gasteiger partial charge in [-0.15, -0.1) is 0 Å². The maximum atomic E-state index is 13.6. The summed E-state index contributed by atoms with van der Waals surface area (Å²) < 4.78 is 13.6. The molecule has 0 saturated carbocycles. The van der Waals surface area contributed by atoms with Gasteiger partial charge >= 0.3 is 0 Å². The minimum absolute atomic E-state index is 0.123. The molecule has 0 aliphatic rings. The van der Waals surface area contributed by atoms with Gasteiger partial charge in [-0.1, -0.05) is 0 Å². The van der Waals surface area contributed by atoms with Gasteiger partial charge in [0.25, 0.3) is 0 Å². The Bertz CT molecular complexity index is 529. The third-order valence-corrected chi connectivity index (χ3v) is 2.78. The van der Waals surface area contributed by atoms with Gasteiger partial charge in [0, 0.05) is 24.7 Å². The Labute approximate surface area is 119 Å². The molecular formula is C15H20FN3O. The fraction of sp³-hybridized carbons (Fsp3) is 0.467. The van der Waals surface area contributed by atoms with Crippen LogP contribution >= 0.6 is 0 Å². The molecule has 0 aromatic heterocycles. The summed E-state index contributed by atoms with van der Waals surface area (Å²) in [5.41, 5.74) is 0.577. The molecule has 5 heteroatoms. The Morgan fingerprint density at radius 1 is 1.45 bits per heavy atom. The van der Waals surface area contributed by atoms with E-state index in [-0.39, 0.29) is 24.5 Å². The predicted octanol–water partition coefficient (Wildman–Crippen LogP) is 2.04. The van der Waals surface area contributed by atoms with Crippen LogP contribution in [0, 0.1) is 17.1 Å². The largest absolute Gasteiger partial charge is 0.340 e. The molecule has 0 atom stereocenters. The molecule has 1 N–H and O–H groups in total. The molecule has 0 radical (unpaired) electrons. The second kappa shape index (κ2) is 6.49. The van der Waals surface area contributed by atoms with E-state index in [1.807, 2.05) is 26.8 Å². The van der Waals surface area contributed by atoms with E-state index in [0.29, 0.717) is 11.1 Å². The van der Waals surface area contributed by atoms with Crippen molar-refractivity contribution in [2.24, 2.45) is 0 Å². The maximum absolute atomic E-state index is 13.6. The van der Waals surface area contributed by atoms with Crippen LogP contribution in [0.1, 0.15) is 31.9 Å². The van der Waals surface area contributed by atoms with Crippen LogP contribution in [0.2, 0.25) is 0 Å². The van der Waals surface area contributed by atoms with Gasteiger partial charge in [0.2, 0.25) is 5.91 Å². The minimum Gasteiger partial charge on any atom is -0.340 e. The van der Waals surface area contributed by atoms with Gasteiger partial charge in [-0.3, -0.25) is 4.79 Å². The normalized spacial score (nSPS) is 11.0. The number of nitrogens with zero attached hydrogens (tertiary/aromatic N) is 2. The van der Waals surface area contributed by atoms with Crippen molar-refractivity contribution >= 4 is 5.91 Å². The Kier molecular flexibility index (Phi) is 5.23. The van der Waals surface area contributed by atoms with E-state index in [9.17, 15) is 9.18 Å². The summed E-state index contributed by atoms with van der Waals surface area (Å²) in [7, 11) is 1.62. The van der Waals surface area contributed by atoms with Gasteiger partial charge in [-0.25, -0.2) is 4.39 Å². The molecule has 0 unspecified atom stereocenters. The van der Waals surface area contributed by atoms with E-state index in [1.165, 1.54) is 23.1 Å². The predicted molar refractivity (Wildman–Crippen MR) is 75.3 cm³/mol. The smallest absolute Gasteiger partial charge is 0.236 e. The van der Waals surface area contributed by atoms with Crippen molar-refractivity contribution < 1.29 is 9.18 Å². The van der Waals surface area contributed by atoms with Crippen molar-refractivity contribution in [3.8, 4) is 6.07 Å². The number of rotatable bonds is 4. The van der Waals surface area contributed by atoms with Crippen LogP contribution in [0.4, 0.5) is 4.39 Å². The van der Waals surface area contributed by atoms with E-state index in [2.05, 4.69) is 5.32 Å². The molecule has 1 amide bonds. The molecule has 0 saturated heterocycles. The highest BCUT2D eigenvalue weighted by Gasteiger charge is 2.15. The average Bonchev–Trinajstić information content (AvgIpc) is 2.37. The van der Waals surface area contributed by atoms with Crippen molar-refractivity contribution in [3.05, 3.63) is 35.1 Å². The number of halogens is 1. The lowest BCUT2D eigenvalue weighted by atomic mass is 10.1. The molecule has 1 aromatic carbocycles. The summed E-state index contributed by atoms with van der Waals surface area (Å²) in [6.45, 7) is 6.24. The lowest BCUT2D eigenvalue weighted by Crippen LogP contribution is -2.43. The molecule has 20 heavy (non-hydrogen) atoms. The monoisotopic (exact) mass is 277 g/mol. The second-order valence-corrected chi connectivity index (χ2v) is 5.77. The van der Waals surface area contributed by atoms with Crippen molar-refractivity contribution in [2.45, 2.75) is 32.9 Å². The van der Waals surface area contributed by atoms with Gasteiger partial charge in [0.1, 0.15) is 5.82 Å². The first-order valence-electron chi connectivity index (χ1n) is 6.40. The van der Waals surface area contributed by atoms with Gasteiger partial charge in [0.15, 0.2) is 0 Å². The van der Waals surface area contributed by atoms with Gasteiger partial charge in [0.05, 0.1) is 18.2 Å². The highest BCUT2D eigenvalue weighted by molar-refractivity contribution is 5.78. The van der Waals surface area contributed by atoms with E-state index < -0.39 is 5.82 Å². The van der Waals surface area contributed by atoms with Crippen molar-refractivity contribution in [1.29, 1.82) is 5.26 Å². The zero-order valence-electron chi connectivity index (χ0n) is 12.3. The second-order valence-electron chi connectivity index (χ2n) is 5.77. The first kappa shape index (κ1) is 16.1. The molecule has 1 aromatic rings. The fourth-order valence-electron chi connectivity index (χ4n) is 1.58. The van der Waals surface area contributed by atoms with Crippen molar-refractivity contribution in [1.82, 2.24) is 10.2 Å². The van der Waals surface area contributed by atoms with Crippen LogP contribution in [-0.4, -0.2) is 29.9 Å². The number of likely N-dealkylation sites (N-methyl/N-ethyl adjacent to an activating group) is 1. The zero-order valence-corrected chi connectivity index (χ0v) is 12.3. The van der Waals surface area contributed by atoms with Crippen LogP contribution in [0.5, 0.6) is 0 Å². The summed E-state index contributed by atoms with van der Waals surface area (Å²) in [6, 6.07) is 6.10. The highest BCUT2D eigenvalue weighted by Crippen LogP contribution is 2.12. The quantitative estimate of drug-likeness (QED) is 0.916. The molecule has 0 heterocycles. The van der Waals surface area contributed by atoms with Crippen LogP contribution < -0.4 is 5.32 Å². The molecule has 0 bridgehead atoms. The van der Waals surface area contributed by atoms with Crippen molar-refractivity contribution in [3.63, 3.8) is 0 Å². The van der Waals surface area contributed by atoms with Crippen molar-refractivity contribution in [2.75, 3.05) is 13.6 Å². The van der Waals surface area contributed by atoms with Crippen LogP contribution in [0.25, 0.3) is 0 Å². The number of hydrogen-bond acceptors (Lipinski definition) is 3. The number of hydrogen-bond donors (Lipinski definition) is 1. The standard InChI is InChI=1S/C15H20FN3O/c1-15(2,3)18-9-14(20)19(4)10-12-7-11(8-17)5-6-13(12)16/h5-7,18H,9-10H2,1-4H3. The minimum atomic E-state index is -0.410. The molecule has 4 nitrogen and oxygen atoms in total. The topological polar surface area (TPSA) is 56.1 Å². The first-order valence-corrected chi connectivity index (χ1v) is 6.40. The van der Waals surface area contributed by atoms with E-state index in [1.54, 1.807) is 7.05 Å². The Hall–Kier alpha value is -1.93. The molecule has 0 fully saturated rings. The van der Waals surface area contributed by atoms with E-state index in [4.69, 9.17) is 5.26 Å². The maximum Gasteiger partial charge on any atom is 0.236 e.